The largest absolute Gasteiger partial charge is 0.378 e. The van der Waals surface area contributed by atoms with Gasteiger partial charge >= 0.3 is 0 Å². The predicted octanol–water partition coefficient (Wildman–Crippen LogP) is 2.01. The van der Waals surface area contributed by atoms with Crippen molar-refractivity contribution in [2.24, 2.45) is 0 Å². The Morgan fingerprint density at radius 1 is 1.40 bits per heavy atom. The molecule has 10 heavy (non-hydrogen) atoms. The van der Waals surface area contributed by atoms with Crippen LogP contribution in [-0.4, -0.2) is 18.8 Å². The lowest BCUT2D eigenvalue weighted by Crippen LogP contribution is -2.24. The van der Waals surface area contributed by atoms with Crippen molar-refractivity contribution in [3.05, 3.63) is 0 Å². The normalized spacial score (nSPS) is 12.0. The first-order chi connectivity index (χ1) is 4.56. The van der Waals surface area contributed by atoms with Crippen LogP contribution in [0.15, 0.2) is 0 Å². The molecule has 0 fully saturated rings. The van der Waals surface area contributed by atoms with Crippen LogP contribution in [-0.2, 0) is 9.84 Å². The average molecular weight is 145 g/mol. The molecule has 0 aromatic rings. The van der Waals surface area contributed by atoms with E-state index in [0.29, 0.717) is 6.61 Å². The molecule has 2 heteroatoms. The molecule has 0 heterocycles. The van der Waals surface area contributed by atoms with Gasteiger partial charge in [0.15, 0.2) is 0 Å². The first-order valence-corrected chi connectivity index (χ1v) is 3.84. The maximum Gasteiger partial charge on any atom is 0.121 e. The van der Waals surface area contributed by atoms with Gasteiger partial charge in [-0.05, 0) is 20.3 Å². The molecule has 0 aliphatic carbocycles. The van der Waals surface area contributed by atoms with Crippen LogP contribution in [0.5, 0.6) is 0 Å². The molecule has 0 aliphatic heterocycles. The van der Waals surface area contributed by atoms with Crippen molar-refractivity contribution in [1.82, 2.24) is 0 Å². The number of rotatable bonds is 5. The third-order valence-electron chi connectivity index (χ3n) is 1.09. The maximum atomic E-state index is 10.9. The summed E-state index contributed by atoms with van der Waals surface area (Å²) in [7, 11) is 0. The minimum absolute atomic E-state index is 0.326. The van der Waals surface area contributed by atoms with E-state index in [4.69, 9.17) is 4.74 Å². The highest BCUT2D eigenvalue weighted by molar-refractivity contribution is 4.61. The van der Waals surface area contributed by atoms with Gasteiger partial charge in [-0.25, -0.2) is 5.11 Å². The summed E-state index contributed by atoms with van der Waals surface area (Å²) in [6.45, 7) is 6.43. The lowest BCUT2D eigenvalue weighted by atomic mass is 10.2. The van der Waals surface area contributed by atoms with Gasteiger partial charge in [-0.1, -0.05) is 13.3 Å². The van der Waals surface area contributed by atoms with Crippen molar-refractivity contribution < 1.29 is 9.84 Å². The average Bonchev–Trinajstić information content (AvgIpc) is 1.78. The van der Waals surface area contributed by atoms with Gasteiger partial charge in [-0.15, -0.1) is 0 Å². The SMILES string of the molecule is CCCCOCC(C)(C)[O]. The zero-order chi connectivity index (χ0) is 8.04. The quantitative estimate of drug-likeness (QED) is 0.544. The van der Waals surface area contributed by atoms with E-state index in [2.05, 4.69) is 6.92 Å². The molecule has 1 radical (unpaired) electrons. The van der Waals surface area contributed by atoms with Gasteiger partial charge in [0.25, 0.3) is 0 Å². The fraction of sp³-hybridized carbons (Fsp3) is 1.00. The highest BCUT2D eigenvalue weighted by Gasteiger charge is 2.14. The summed E-state index contributed by atoms with van der Waals surface area (Å²) in [5.41, 5.74) is -0.923. The number of ether oxygens (including phenoxy) is 1. The standard InChI is InChI=1S/C8H17O2/c1-4-5-6-10-7-8(2,3)9/h4-7H2,1-3H3. The fourth-order valence-corrected chi connectivity index (χ4v) is 0.564. The van der Waals surface area contributed by atoms with E-state index in [-0.39, 0.29) is 0 Å². The monoisotopic (exact) mass is 145 g/mol. The Labute approximate surface area is 63.2 Å². The molecule has 0 bridgehead atoms. The smallest absolute Gasteiger partial charge is 0.121 e. The molecule has 0 amide bonds. The molecule has 0 unspecified atom stereocenters. The Hall–Kier alpha value is -0.0800. The van der Waals surface area contributed by atoms with Crippen LogP contribution < -0.4 is 0 Å². The van der Waals surface area contributed by atoms with E-state index < -0.39 is 5.60 Å². The van der Waals surface area contributed by atoms with Crippen molar-refractivity contribution in [3.8, 4) is 0 Å². The molecule has 0 saturated carbocycles. The molecule has 61 valence electrons. The molecule has 0 aromatic carbocycles. The summed E-state index contributed by atoms with van der Waals surface area (Å²) < 4.78 is 5.13. The number of hydrogen-bond acceptors (Lipinski definition) is 1. The van der Waals surface area contributed by atoms with E-state index in [1.54, 1.807) is 13.8 Å². The van der Waals surface area contributed by atoms with Crippen molar-refractivity contribution in [3.63, 3.8) is 0 Å². The van der Waals surface area contributed by atoms with E-state index in [0.717, 1.165) is 19.4 Å². The van der Waals surface area contributed by atoms with Crippen LogP contribution in [0.2, 0.25) is 0 Å². The summed E-state index contributed by atoms with van der Waals surface area (Å²) in [5.74, 6) is 0. The van der Waals surface area contributed by atoms with Gasteiger partial charge in [0, 0.05) is 6.61 Å². The first-order valence-electron chi connectivity index (χ1n) is 3.84. The van der Waals surface area contributed by atoms with Crippen molar-refractivity contribution in [2.75, 3.05) is 13.2 Å². The Balaban J connectivity index is 3.04. The lowest BCUT2D eigenvalue weighted by molar-refractivity contribution is -0.0662. The highest BCUT2D eigenvalue weighted by Crippen LogP contribution is 2.02. The van der Waals surface area contributed by atoms with Crippen LogP contribution in [0, 0.1) is 0 Å². The highest BCUT2D eigenvalue weighted by atomic mass is 16.5. The van der Waals surface area contributed by atoms with Crippen molar-refractivity contribution in [2.45, 2.75) is 39.2 Å². The lowest BCUT2D eigenvalue weighted by Gasteiger charge is -2.13. The molecule has 0 N–H and O–H groups in total. The fourth-order valence-electron chi connectivity index (χ4n) is 0.564. The summed E-state index contributed by atoms with van der Waals surface area (Å²) in [5, 5.41) is 10.9. The van der Waals surface area contributed by atoms with Crippen LogP contribution in [0.1, 0.15) is 33.6 Å². The van der Waals surface area contributed by atoms with Gasteiger partial charge in [-0.2, -0.15) is 0 Å². The van der Waals surface area contributed by atoms with E-state index in [9.17, 15) is 5.11 Å². The first kappa shape index (κ1) is 9.92. The van der Waals surface area contributed by atoms with Crippen LogP contribution >= 0.6 is 0 Å². The van der Waals surface area contributed by atoms with Crippen LogP contribution in [0.4, 0.5) is 0 Å². The molecule has 0 rings (SSSR count). The Morgan fingerprint density at radius 2 is 2.00 bits per heavy atom. The van der Waals surface area contributed by atoms with Crippen LogP contribution in [0.3, 0.4) is 0 Å². The van der Waals surface area contributed by atoms with E-state index >= 15 is 0 Å². The van der Waals surface area contributed by atoms with E-state index in [1.807, 2.05) is 0 Å². The minimum atomic E-state index is -0.923. The second-order valence-electron chi connectivity index (χ2n) is 3.17. The Morgan fingerprint density at radius 3 is 2.40 bits per heavy atom. The zero-order valence-electron chi connectivity index (χ0n) is 7.14. The van der Waals surface area contributed by atoms with Gasteiger partial charge < -0.3 is 4.74 Å². The summed E-state index contributed by atoms with van der Waals surface area (Å²) >= 11 is 0. The molecule has 0 aromatic heterocycles. The summed E-state index contributed by atoms with van der Waals surface area (Å²) in [6.07, 6.45) is 2.18. The molecule has 0 spiro atoms. The molecular formula is C8H17O2. The summed E-state index contributed by atoms with van der Waals surface area (Å²) in [4.78, 5) is 0. The van der Waals surface area contributed by atoms with Crippen molar-refractivity contribution >= 4 is 0 Å². The minimum Gasteiger partial charge on any atom is -0.378 e. The Bertz CT molecular complexity index is 73.8. The molecule has 2 nitrogen and oxygen atoms in total. The second-order valence-corrected chi connectivity index (χ2v) is 3.17. The predicted molar refractivity (Wildman–Crippen MR) is 40.5 cm³/mol. The van der Waals surface area contributed by atoms with Gasteiger partial charge in [0.1, 0.15) is 5.60 Å². The maximum absolute atomic E-state index is 10.9. The number of hydrogen-bond donors (Lipinski definition) is 0. The molecule has 0 aliphatic rings. The Kier molecular flexibility index (Phi) is 4.65. The molecule has 0 atom stereocenters. The molecule has 0 saturated heterocycles. The van der Waals surface area contributed by atoms with Crippen molar-refractivity contribution in [1.29, 1.82) is 0 Å². The topological polar surface area (TPSA) is 29.1 Å². The third kappa shape index (κ3) is 7.92. The van der Waals surface area contributed by atoms with Gasteiger partial charge in [-0.3, -0.25) is 0 Å². The van der Waals surface area contributed by atoms with Gasteiger partial charge in [0.2, 0.25) is 0 Å². The molecular weight excluding hydrogens is 128 g/mol. The number of unbranched alkanes of at least 4 members (excludes halogenated alkanes) is 1. The van der Waals surface area contributed by atoms with Gasteiger partial charge in [0.05, 0.1) is 6.61 Å². The summed E-state index contributed by atoms with van der Waals surface area (Å²) in [6, 6.07) is 0. The zero-order valence-corrected chi connectivity index (χ0v) is 7.14. The van der Waals surface area contributed by atoms with Crippen LogP contribution in [0.25, 0.3) is 0 Å². The van der Waals surface area contributed by atoms with E-state index in [1.165, 1.54) is 0 Å². The third-order valence-corrected chi connectivity index (χ3v) is 1.09. The second kappa shape index (κ2) is 4.69.